The van der Waals surface area contributed by atoms with Gasteiger partial charge >= 0.3 is 13.4 Å². The van der Waals surface area contributed by atoms with E-state index in [9.17, 15) is 0 Å². The van der Waals surface area contributed by atoms with Crippen LogP contribution >= 0.6 is 13.4 Å². The van der Waals surface area contributed by atoms with E-state index >= 15 is 0 Å². The molecule has 0 rings (SSSR count). The van der Waals surface area contributed by atoms with E-state index in [1.54, 1.807) is 0 Å². The Balaban J connectivity index is -0.000000235. The summed E-state index contributed by atoms with van der Waals surface area (Å²) in [6.07, 6.45) is 23.4. The van der Waals surface area contributed by atoms with Crippen LogP contribution in [0.5, 0.6) is 0 Å². The van der Waals surface area contributed by atoms with Gasteiger partial charge in [-0.05, 0) is 23.6 Å². The molecule has 0 bridgehead atoms. The van der Waals surface area contributed by atoms with Gasteiger partial charge in [-0.2, -0.15) is 0 Å². The molecule has 6 nitrogen and oxygen atoms in total. The zero-order valence-corrected chi connectivity index (χ0v) is 24.1. The molecule has 0 aliphatic heterocycles. The molecule has 0 aromatic heterocycles. The van der Waals surface area contributed by atoms with Crippen molar-refractivity contribution < 1.29 is 29.4 Å². The Hall–Kier alpha value is 1.88. The Morgan fingerprint density at radius 1 is 0.414 bits per heavy atom. The van der Waals surface area contributed by atoms with Crippen molar-refractivity contribution in [2.24, 2.45) is 0 Å². The van der Waals surface area contributed by atoms with E-state index in [2.05, 4.69) is 37.5 Å². The summed E-state index contributed by atoms with van der Waals surface area (Å²) in [5, 5.41) is 0. The van der Waals surface area contributed by atoms with Crippen LogP contribution in [0.15, 0.2) is 0 Å². The number of unbranched alkanes of at least 4 members (excludes halogenated alkanes) is 15. The standard InChI is InChI=1S/C18H38.2H3O3PS.Sb/c1-3-5-7-9-11-13-15-17-18-16-14-12-10-8-6-4-2;2*1-4(2,3)5;/h3-18H2,1-2H3;2*(H3,1,2,3,5);. The predicted octanol–water partition coefficient (Wildman–Crippen LogP) is 5.26. The average molecular weight is 604 g/mol. The van der Waals surface area contributed by atoms with Crippen LogP contribution in [0.3, 0.4) is 0 Å². The quantitative estimate of drug-likeness (QED) is 0.0851. The average Bonchev–Trinajstić information content (AvgIpc) is 2.52. The largest absolute Gasteiger partial charge is 0.325 e. The monoisotopic (exact) mass is 603 g/mol. The third-order valence-corrected chi connectivity index (χ3v) is 3.96. The molecule has 0 saturated heterocycles. The van der Waals surface area contributed by atoms with Crippen LogP contribution in [0.1, 0.15) is 117 Å². The fourth-order valence-electron chi connectivity index (χ4n) is 2.62. The summed E-state index contributed by atoms with van der Waals surface area (Å²) in [7, 11) is 0. The van der Waals surface area contributed by atoms with E-state index in [0.717, 1.165) is 0 Å². The second-order valence-electron chi connectivity index (χ2n) is 6.98. The summed E-state index contributed by atoms with van der Waals surface area (Å²) in [6, 6.07) is 0. The zero-order valence-electron chi connectivity index (χ0n) is 18.2. The molecule has 0 aliphatic rings. The minimum atomic E-state index is -3.81. The summed E-state index contributed by atoms with van der Waals surface area (Å²) < 4.78 is 0. The van der Waals surface area contributed by atoms with Gasteiger partial charge < -0.3 is 29.4 Å². The molecule has 0 fully saturated rings. The minimum Gasteiger partial charge on any atom is -0.325 e. The van der Waals surface area contributed by atoms with Gasteiger partial charge in [-0.3, -0.25) is 0 Å². The molecule has 29 heavy (non-hydrogen) atoms. The van der Waals surface area contributed by atoms with E-state index in [1.807, 2.05) is 0 Å². The van der Waals surface area contributed by atoms with Gasteiger partial charge in [0.1, 0.15) is 0 Å². The molecular weight excluding hydrogens is 560 g/mol. The second kappa shape index (κ2) is 27.9. The van der Waals surface area contributed by atoms with Crippen LogP contribution in [0, 0.1) is 0 Å². The van der Waals surface area contributed by atoms with E-state index in [-0.39, 0.29) is 24.4 Å². The Kier molecular flexibility index (Phi) is 36.7. The maximum absolute atomic E-state index is 7.56. The van der Waals surface area contributed by atoms with Crippen molar-refractivity contribution in [2.45, 2.75) is 117 Å². The van der Waals surface area contributed by atoms with Crippen LogP contribution in [0.4, 0.5) is 0 Å². The first-order valence-corrected chi connectivity index (χ1v) is 15.8. The van der Waals surface area contributed by atoms with Gasteiger partial charge in [0.25, 0.3) is 0 Å². The normalized spacial score (nSPS) is 10.9. The van der Waals surface area contributed by atoms with Crippen LogP contribution in [0.2, 0.25) is 0 Å². The van der Waals surface area contributed by atoms with Crippen molar-refractivity contribution in [1.82, 2.24) is 0 Å². The molecule has 0 aromatic rings. The van der Waals surface area contributed by atoms with E-state index in [4.69, 9.17) is 29.4 Å². The van der Waals surface area contributed by atoms with Crippen LogP contribution in [0.25, 0.3) is 0 Å². The fraction of sp³-hybridized carbons (Fsp3) is 1.00. The third kappa shape index (κ3) is 81.5. The second-order valence-corrected chi connectivity index (χ2v) is 12.0. The topological polar surface area (TPSA) is 121 Å². The number of hydrogen-bond acceptors (Lipinski definition) is 2. The molecule has 0 heterocycles. The molecule has 0 unspecified atom stereocenters. The smallest absolute Gasteiger partial charge is 0.319 e. The van der Waals surface area contributed by atoms with E-state index in [0.29, 0.717) is 0 Å². The summed E-state index contributed by atoms with van der Waals surface area (Å²) >= 11 is 7.21. The Labute approximate surface area is 206 Å². The molecule has 0 aliphatic carbocycles. The summed E-state index contributed by atoms with van der Waals surface area (Å²) in [6.45, 7) is -3.02. The Morgan fingerprint density at radius 2 is 0.517 bits per heavy atom. The van der Waals surface area contributed by atoms with Crippen molar-refractivity contribution >= 4 is 61.5 Å². The maximum atomic E-state index is 7.56. The molecule has 0 amide bonds. The fourth-order valence-corrected chi connectivity index (χ4v) is 2.62. The van der Waals surface area contributed by atoms with Crippen molar-refractivity contribution in [3.05, 3.63) is 0 Å². The summed E-state index contributed by atoms with van der Waals surface area (Å²) in [5.74, 6) is 0. The Morgan fingerprint density at radius 3 is 0.621 bits per heavy atom. The van der Waals surface area contributed by atoms with Crippen LogP contribution < -0.4 is 0 Å². The predicted molar refractivity (Wildman–Crippen MR) is 133 cm³/mol. The number of rotatable bonds is 15. The molecule has 0 atom stereocenters. The van der Waals surface area contributed by atoms with Crippen molar-refractivity contribution in [1.29, 1.82) is 0 Å². The van der Waals surface area contributed by atoms with E-state index in [1.165, 1.54) is 103 Å². The molecule has 11 heteroatoms. The molecule has 0 saturated carbocycles. The molecule has 3 radical (unpaired) electrons. The van der Waals surface area contributed by atoms with Gasteiger partial charge in [-0.15, -0.1) is 0 Å². The van der Waals surface area contributed by atoms with Gasteiger partial charge in [0.05, 0.1) is 0 Å². The van der Waals surface area contributed by atoms with Crippen LogP contribution in [-0.4, -0.2) is 53.8 Å². The van der Waals surface area contributed by atoms with Gasteiger partial charge in [0.15, 0.2) is 0 Å². The molecule has 6 N–H and O–H groups in total. The first kappa shape index (κ1) is 38.2. The SMILES string of the molecule is CCCCCCCCCCCCCCCCCC.OP(O)(O)=S.OP(O)(O)=S.[Sb]. The van der Waals surface area contributed by atoms with Crippen molar-refractivity contribution in [3.8, 4) is 0 Å². The Bertz CT molecular complexity index is 342. The van der Waals surface area contributed by atoms with Crippen LogP contribution in [-0.2, 0) is 23.6 Å². The maximum Gasteiger partial charge on any atom is 0.319 e. The molecular formula is C18H44O6P2S2Sb. The van der Waals surface area contributed by atoms with Gasteiger partial charge in [-0.25, -0.2) is 0 Å². The van der Waals surface area contributed by atoms with Gasteiger partial charge in [-0.1, -0.05) is 117 Å². The zero-order chi connectivity index (χ0) is 22.3. The minimum absolute atomic E-state index is 0. The first-order valence-electron chi connectivity index (χ1n) is 10.5. The van der Waals surface area contributed by atoms with E-state index < -0.39 is 13.4 Å². The molecule has 179 valence electrons. The van der Waals surface area contributed by atoms with Crippen molar-refractivity contribution in [2.75, 3.05) is 0 Å². The molecule has 0 aromatic carbocycles. The first-order chi connectivity index (χ1) is 12.9. The van der Waals surface area contributed by atoms with Gasteiger partial charge in [0, 0.05) is 24.4 Å². The van der Waals surface area contributed by atoms with Crippen molar-refractivity contribution in [3.63, 3.8) is 0 Å². The van der Waals surface area contributed by atoms with Gasteiger partial charge in [0.2, 0.25) is 0 Å². The summed E-state index contributed by atoms with van der Waals surface area (Å²) in [4.78, 5) is 45.3. The molecule has 0 spiro atoms. The summed E-state index contributed by atoms with van der Waals surface area (Å²) in [5.41, 5.74) is 0. The third-order valence-electron chi connectivity index (χ3n) is 3.96. The number of hydrogen-bond donors (Lipinski definition) is 6.